The van der Waals surface area contributed by atoms with E-state index >= 15 is 0 Å². The molecule has 0 amide bonds. The van der Waals surface area contributed by atoms with Crippen molar-refractivity contribution in [1.29, 1.82) is 5.26 Å². The first-order valence-electron chi connectivity index (χ1n) is 7.22. The Bertz CT molecular complexity index is 862. The fourth-order valence-corrected chi connectivity index (χ4v) is 2.63. The maximum Gasteiger partial charge on any atom is 0.283 e. The Hall–Kier alpha value is -3.01. The molecule has 3 rings (SSSR count). The summed E-state index contributed by atoms with van der Waals surface area (Å²) in [5, 5.41) is 8.97. The summed E-state index contributed by atoms with van der Waals surface area (Å²) >= 11 is 0. The zero-order chi connectivity index (χ0) is 17.3. The third-order valence-electron chi connectivity index (χ3n) is 4.02. The van der Waals surface area contributed by atoms with Crippen molar-refractivity contribution in [3.05, 3.63) is 53.6 Å². The molecule has 1 aromatic carbocycles. The molecular weight excluding hydrogens is 314 g/mol. The van der Waals surface area contributed by atoms with E-state index in [1.807, 2.05) is 6.07 Å². The van der Waals surface area contributed by atoms with Gasteiger partial charge in [-0.25, -0.2) is 13.8 Å². The maximum absolute atomic E-state index is 14.4. The van der Waals surface area contributed by atoms with Gasteiger partial charge in [0.2, 0.25) is 0 Å². The van der Waals surface area contributed by atoms with Crippen molar-refractivity contribution in [2.24, 2.45) is 10.7 Å². The topological polar surface area (TPSA) is 84.3 Å². The van der Waals surface area contributed by atoms with E-state index < -0.39 is 17.6 Å². The second-order valence-electron chi connectivity index (χ2n) is 5.62. The third-order valence-corrected chi connectivity index (χ3v) is 4.02. The van der Waals surface area contributed by atoms with Crippen molar-refractivity contribution >= 4 is 6.02 Å². The number of halogens is 2. The average molecular weight is 328 g/mol. The van der Waals surface area contributed by atoms with Crippen molar-refractivity contribution < 1.29 is 13.5 Å². The van der Waals surface area contributed by atoms with Crippen molar-refractivity contribution in [3.8, 4) is 17.2 Å². The molecule has 0 bridgehead atoms. The van der Waals surface area contributed by atoms with Crippen molar-refractivity contribution in [1.82, 2.24) is 4.98 Å². The summed E-state index contributed by atoms with van der Waals surface area (Å²) in [4.78, 5) is 7.67. The fourth-order valence-electron chi connectivity index (χ4n) is 2.63. The first kappa shape index (κ1) is 15.9. The second-order valence-corrected chi connectivity index (χ2v) is 5.62. The van der Waals surface area contributed by atoms with Gasteiger partial charge < -0.3 is 10.5 Å². The number of nitrogens with zero attached hydrogens (tertiary/aromatic N) is 3. The molecule has 2 aromatic rings. The van der Waals surface area contributed by atoms with E-state index in [0.29, 0.717) is 16.7 Å². The number of aliphatic imine (C=N–C) groups is 1. The molecule has 0 saturated carbocycles. The minimum absolute atomic E-state index is 0.0349. The number of rotatable bonds is 2. The molecule has 0 aliphatic carbocycles. The van der Waals surface area contributed by atoms with Gasteiger partial charge in [-0.3, -0.25) is 4.98 Å². The van der Waals surface area contributed by atoms with Crippen LogP contribution in [0.2, 0.25) is 0 Å². The Balaban J connectivity index is 2.10. The highest BCUT2D eigenvalue weighted by molar-refractivity contribution is 5.73. The molecule has 0 saturated heterocycles. The zero-order valence-electron chi connectivity index (χ0n) is 12.8. The standard InChI is InChI=1S/C17H14F2N4O/c1-17(15(19)9-23-16(21)24-17)13-5-11(2-3-14(13)18)12-4-10(6-20)7-22-8-12/h2-5,7-8,15H,9H2,1H3,(H2,21,23)/t15-,17-/m1/s1. The predicted octanol–water partition coefficient (Wildman–Crippen LogP) is 2.66. The molecule has 2 N–H and O–H groups in total. The second kappa shape index (κ2) is 5.89. The quantitative estimate of drug-likeness (QED) is 0.918. The van der Waals surface area contributed by atoms with Gasteiger partial charge in [0, 0.05) is 23.5 Å². The molecule has 0 unspecified atom stereocenters. The lowest BCUT2D eigenvalue weighted by Gasteiger charge is -2.36. The van der Waals surface area contributed by atoms with E-state index in [9.17, 15) is 8.78 Å². The van der Waals surface area contributed by atoms with Gasteiger partial charge in [0.1, 0.15) is 11.9 Å². The summed E-state index contributed by atoms with van der Waals surface area (Å²) in [6.45, 7) is 1.24. The monoisotopic (exact) mass is 328 g/mol. The number of aromatic nitrogens is 1. The Kier molecular flexibility index (Phi) is 3.89. The molecule has 122 valence electrons. The van der Waals surface area contributed by atoms with Crippen LogP contribution in [0.1, 0.15) is 18.1 Å². The molecule has 24 heavy (non-hydrogen) atoms. The lowest BCUT2D eigenvalue weighted by Crippen LogP contribution is -2.46. The summed E-state index contributed by atoms with van der Waals surface area (Å²) in [5.41, 5.74) is 5.58. The van der Waals surface area contributed by atoms with Crippen LogP contribution >= 0.6 is 0 Å². The van der Waals surface area contributed by atoms with Gasteiger partial charge in [0.05, 0.1) is 12.1 Å². The maximum atomic E-state index is 14.4. The molecule has 5 nitrogen and oxygen atoms in total. The number of alkyl halides is 1. The minimum atomic E-state index is -1.58. The normalized spacial score (nSPS) is 23.1. The van der Waals surface area contributed by atoms with Crippen LogP contribution in [0.25, 0.3) is 11.1 Å². The molecule has 1 aliphatic rings. The third kappa shape index (κ3) is 2.67. The van der Waals surface area contributed by atoms with E-state index in [0.717, 1.165) is 0 Å². The van der Waals surface area contributed by atoms with Crippen molar-refractivity contribution in [3.63, 3.8) is 0 Å². The summed E-state index contributed by atoms with van der Waals surface area (Å²) < 4.78 is 34.1. The van der Waals surface area contributed by atoms with Crippen LogP contribution in [0.5, 0.6) is 0 Å². The lowest BCUT2D eigenvalue weighted by molar-refractivity contribution is -0.0231. The Labute approximate surface area is 137 Å². The van der Waals surface area contributed by atoms with Crippen LogP contribution in [0.4, 0.5) is 8.78 Å². The summed E-state index contributed by atoms with van der Waals surface area (Å²) in [7, 11) is 0. The molecule has 7 heteroatoms. The highest BCUT2D eigenvalue weighted by Crippen LogP contribution is 2.37. The summed E-state index contributed by atoms with van der Waals surface area (Å²) in [6, 6.07) is 7.69. The molecule has 1 aromatic heterocycles. The molecular formula is C17H14F2N4O. The summed E-state index contributed by atoms with van der Waals surface area (Å²) in [6.07, 6.45) is 1.43. The first-order valence-corrected chi connectivity index (χ1v) is 7.22. The van der Waals surface area contributed by atoms with Crippen molar-refractivity contribution in [2.45, 2.75) is 18.7 Å². The predicted molar refractivity (Wildman–Crippen MR) is 84.2 cm³/mol. The number of nitrogens with two attached hydrogens (primary N) is 1. The Morgan fingerprint density at radius 3 is 2.88 bits per heavy atom. The lowest BCUT2D eigenvalue weighted by atomic mass is 9.87. The first-order chi connectivity index (χ1) is 11.4. The number of nitriles is 1. The summed E-state index contributed by atoms with van der Waals surface area (Å²) in [5.74, 6) is -0.608. The van der Waals surface area contributed by atoms with Crippen LogP contribution < -0.4 is 5.73 Å². The number of amidine groups is 1. The molecule has 0 radical (unpaired) electrons. The smallest absolute Gasteiger partial charge is 0.283 e. The Morgan fingerprint density at radius 1 is 1.33 bits per heavy atom. The van der Waals surface area contributed by atoms with E-state index in [2.05, 4.69) is 9.98 Å². The number of pyridine rings is 1. The van der Waals surface area contributed by atoms with E-state index in [4.69, 9.17) is 15.7 Å². The highest BCUT2D eigenvalue weighted by Gasteiger charge is 2.44. The largest absolute Gasteiger partial charge is 0.451 e. The highest BCUT2D eigenvalue weighted by atomic mass is 19.1. The SMILES string of the molecule is C[C@]1(c2cc(-c3cncc(C#N)c3)ccc2F)OC(N)=NC[C@H]1F. The molecule has 2 heterocycles. The Morgan fingerprint density at radius 2 is 2.12 bits per heavy atom. The molecule has 2 atom stereocenters. The van der Waals surface area contributed by atoms with Crippen LogP contribution in [0.15, 0.2) is 41.7 Å². The minimum Gasteiger partial charge on any atom is -0.451 e. The van der Waals surface area contributed by atoms with Gasteiger partial charge >= 0.3 is 0 Å². The van der Waals surface area contributed by atoms with Crippen molar-refractivity contribution in [2.75, 3.05) is 6.54 Å². The number of benzene rings is 1. The van der Waals surface area contributed by atoms with Gasteiger partial charge in [-0.2, -0.15) is 5.26 Å². The van der Waals surface area contributed by atoms with Crippen LogP contribution in [-0.4, -0.2) is 23.7 Å². The van der Waals surface area contributed by atoms with Gasteiger partial charge in [-0.05, 0) is 30.7 Å². The van der Waals surface area contributed by atoms with Gasteiger partial charge in [0.25, 0.3) is 6.02 Å². The fraction of sp³-hybridized carbons (Fsp3) is 0.235. The van der Waals surface area contributed by atoms with E-state index in [1.165, 1.54) is 31.3 Å². The van der Waals surface area contributed by atoms with Gasteiger partial charge in [0.15, 0.2) is 11.8 Å². The van der Waals surface area contributed by atoms with Crippen LogP contribution in [0, 0.1) is 17.1 Å². The molecule has 0 spiro atoms. The zero-order valence-corrected chi connectivity index (χ0v) is 12.8. The van der Waals surface area contributed by atoms with Crippen LogP contribution in [0.3, 0.4) is 0 Å². The molecule has 1 aliphatic heterocycles. The number of hydrogen-bond donors (Lipinski definition) is 1. The number of hydrogen-bond acceptors (Lipinski definition) is 5. The van der Waals surface area contributed by atoms with E-state index in [1.54, 1.807) is 12.3 Å². The van der Waals surface area contributed by atoms with Gasteiger partial charge in [-0.15, -0.1) is 0 Å². The average Bonchev–Trinajstić information content (AvgIpc) is 2.59. The van der Waals surface area contributed by atoms with E-state index in [-0.39, 0.29) is 18.1 Å². The van der Waals surface area contributed by atoms with Gasteiger partial charge in [-0.1, -0.05) is 6.07 Å². The molecule has 0 fully saturated rings. The van der Waals surface area contributed by atoms with Crippen LogP contribution in [-0.2, 0) is 10.3 Å². The number of ether oxygens (including phenoxy) is 1.